The van der Waals surface area contributed by atoms with Crippen LogP contribution in [0.15, 0.2) is 0 Å². The molecular weight excluding hydrogens is 494 g/mol. The Labute approximate surface area is 251 Å². The molecule has 2 unspecified atom stereocenters. The summed E-state index contributed by atoms with van der Waals surface area (Å²) < 4.78 is 0. The molecule has 0 aromatic rings. The summed E-state index contributed by atoms with van der Waals surface area (Å²) in [5, 5.41) is 22.5. The highest BCUT2D eigenvalue weighted by molar-refractivity contribution is 5.76. The number of unbranched alkanes of at least 4 members (excludes halogenated alkanes) is 26. The van der Waals surface area contributed by atoms with Gasteiger partial charge in [-0.1, -0.05) is 187 Å². The van der Waals surface area contributed by atoms with Crippen molar-refractivity contribution in [3.8, 4) is 0 Å². The van der Waals surface area contributed by atoms with Crippen LogP contribution < -0.4 is 5.32 Å². The predicted octanol–water partition coefficient (Wildman–Crippen LogP) is 10.6. The van der Waals surface area contributed by atoms with E-state index in [0.29, 0.717) is 12.8 Å². The first-order valence-electron chi connectivity index (χ1n) is 18.2. The lowest BCUT2D eigenvalue weighted by Gasteiger charge is -2.22. The molecule has 0 aliphatic heterocycles. The maximum atomic E-state index is 12.1. The third-order valence-corrected chi connectivity index (χ3v) is 8.62. The SMILES string of the molecule is CCCCCCCCCCCCCCCCCCCCCCCCCCCC(=O)NC(CO)C(O)CCCCC. The molecule has 0 aromatic heterocycles. The van der Waals surface area contributed by atoms with Crippen molar-refractivity contribution in [3.05, 3.63) is 0 Å². The zero-order chi connectivity index (χ0) is 29.4. The van der Waals surface area contributed by atoms with Crippen LogP contribution in [0.3, 0.4) is 0 Å². The number of aliphatic hydroxyl groups excluding tert-OH is 2. The van der Waals surface area contributed by atoms with E-state index in [9.17, 15) is 15.0 Å². The molecule has 4 heteroatoms. The van der Waals surface area contributed by atoms with Crippen LogP contribution in [0.1, 0.15) is 206 Å². The minimum absolute atomic E-state index is 0.0392. The van der Waals surface area contributed by atoms with Gasteiger partial charge in [0.2, 0.25) is 5.91 Å². The molecule has 240 valence electrons. The van der Waals surface area contributed by atoms with E-state index >= 15 is 0 Å². The quantitative estimate of drug-likeness (QED) is 0.0691. The van der Waals surface area contributed by atoms with Crippen LogP contribution in [0.4, 0.5) is 0 Å². The second kappa shape index (κ2) is 32.9. The molecule has 0 heterocycles. The average Bonchev–Trinajstić information content (AvgIpc) is 2.96. The monoisotopic (exact) mass is 568 g/mol. The Hall–Kier alpha value is -0.610. The smallest absolute Gasteiger partial charge is 0.220 e. The summed E-state index contributed by atoms with van der Waals surface area (Å²) in [5.41, 5.74) is 0. The van der Waals surface area contributed by atoms with Crippen LogP contribution in [0.25, 0.3) is 0 Å². The Morgan fingerprint density at radius 2 is 0.800 bits per heavy atom. The predicted molar refractivity (Wildman–Crippen MR) is 175 cm³/mol. The zero-order valence-corrected chi connectivity index (χ0v) is 27.4. The summed E-state index contributed by atoms with van der Waals surface area (Å²) in [4.78, 5) is 12.1. The molecule has 0 bridgehead atoms. The van der Waals surface area contributed by atoms with Crippen molar-refractivity contribution >= 4 is 5.91 Å². The molecule has 0 radical (unpaired) electrons. The van der Waals surface area contributed by atoms with Gasteiger partial charge in [0.15, 0.2) is 0 Å². The maximum Gasteiger partial charge on any atom is 0.220 e. The molecule has 0 fully saturated rings. The molecule has 0 rings (SSSR count). The lowest BCUT2D eigenvalue weighted by molar-refractivity contribution is -0.123. The Morgan fingerprint density at radius 1 is 0.500 bits per heavy atom. The Bertz CT molecular complexity index is 498. The number of nitrogens with one attached hydrogen (secondary N) is 1. The van der Waals surface area contributed by atoms with Crippen molar-refractivity contribution in [2.45, 2.75) is 219 Å². The number of carbonyl (C=O) groups is 1. The highest BCUT2D eigenvalue weighted by Crippen LogP contribution is 2.16. The second-order valence-electron chi connectivity index (χ2n) is 12.7. The van der Waals surface area contributed by atoms with Gasteiger partial charge in [-0.05, 0) is 12.8 Å². The number of hydrogen-bond donors (Lipinski definition) is 3. The van der Waals surface area contributed by atoms with Gasteiger partial charge in [-0.25, -0.2) is 0 Å². The van der Waals surface area contributed by atoms with E-state index in [2.05, 4.69) is 19.2 Å². The van der Waals surface area contributed by atoms with Gasteiger partial charge >= 0.3 is 0 Å². The van der Waals surface area contributed by atoms with Gasteiger partial charge in [0.1, 0.15) is 0 Å². The average molecular weight is 568 g/mol. The molecule has 0 aliphatic carbocycles. The standard InChI is InChI=1S/C36H73NO3/c1-3-5-7-8-9-10-11-12-13-14-15-16-17-18-19-20-21-22-23-24-25-26-27-28-30-32-36(40)37-34(33-38)35(39)31-29-6-4-2/h34-35,38-39H,3-33H2,1-2H3,(H,37,40). The minimum atomic E-state index is -0.649. The van der Waals surface area contributed by atoms with Gasteiger partial charge in [0, 0.05) is 6.42 Å². The van der Waals surface area contributed by atoms with Crippen LogP contribution in [0.2, 0.25) is 0 Å². The number of aliphatic hydroxyl groups is 2. The first-order valence-corrected chi connectivity index (χ1v) is 18.2. The fraction of sp³-hybridized carbons (Fsp3) is 0.972. The highest BCUT2D eigenvalue weighted by atomic mass is 16.3. The lowest BCUT2D eigenvalue weighted by Crippen LogP contribution is -2.45. The highest BCUT2D eigenvalue weighted by Gasteiger charge is 2.19. The van der Waals surface area contributed by atoms with E-state index in [1.807, 2.05) is 0 Å². The van der Waals surface area contributed by atoms with Gasteiger partial charge in [0.25, 0.3) is 0 Å². The zero-order valence-electron chi connectivity index (χ0n) is 27.4. The van der Waals surface area contributed by atoms with Crippen LogP contribution >= 0.6 is 0 Å². The number of rotatable bonds is 33. The van der Waals surface area contributed by atoms with Crippen molar-refractivity contribution in [1.82, 2.24) is 5.32 Å². The summed E-state index contributed by atoms with van der Waals surface area (Å²) >= 11 is 0. The van der Waals surface area contributed by atoms with E-state index in [1.54, 1.807) is 0 Å². The van der Waals surface area contributed by atoms with E-state index in [4.69, 9.17) is 0 Å². The van der Waals surface area contributed by atoms with Crippen molar-refractivity contribution in [2.75, 3.05) is 6.61 Å². The van der Waals surface area contributed by atoms with Crippen molar-refractivity contribution in [1.29, 1.82) is 0 Å². The van der Waals surface area contributed by atoms with E-state index in [0.717, 1.165) is 32.1 Å². The van der Waals surface area contributed by atoms with Gasteiger partial charge in [-0.15, -0.1) is 0 Å². The summed E-state index contributed by atoms with van der Waals surface area (Å²) in [6, 6.07) is -0.524. The van der Waals surface area contributed by atoms with Crippen LogP contribution in [-0.2, 0) is 4.79 Å². The van der Waals surface area contributed by atoms with E-state index in [-0.39, 0.29) is 12.5 Å². The van der Waals surface area contributed by atoms with Crippen LogP contribution in [-0.4, -0.2) is 34.9 Å². The second-order valence-corrected chi connectivity index (χ2v) is 12.7. The molecule has 0 aliphatic rings. The summed E-state index contributed by atoms with van der Waals surface area (Å²) in [6.07, 6.45) is 38.0. The van der Waals surface area contributed by atoms with Crippen LogP contribution in [0, 0.1) is 0 Å². The molecule has 2 atom stereocenters. The Balaban J connectivity index is 3.29. The van der Waals surface area contributed by atoms with Crippen molar-refractivity contribution in [3.63, 3.8) is 0 Å². The topological polar surface area (TPSA) is 69.6 Å². The van der Waals surface area contributed by atoms with Crippen molar-refractivity contribution in [2.24, 2.45) is 0 Å². The molecule has 40 heavy (non-hydrogen) atoms. The van der Waals surface area contributed by atoms with Gasteiger partial charge in [-0.3, -0.25) is 4.79 Å². The molecule has 0 spiro atoms. The van der Waals surface area contributed by atoms with Gasteiger partial charge < -0.3 is 15.5 Å². The summed E-state index contributed by atoms with van der Waals surface area (Å²) in [5.74, 6) is -0.0392. The van der Waals surface area contributed by atoms with E-state index < -0.39 is 12.1 Å². The molecule has 0 saturated carbocycles. The fourth-order valence-corrected chi connectivity index (χ4v) is 5.77. The molecule has 1 amide bonds. The Morgan fingerprint density at radius 3 is 1.12 bits per heavy atom. The third-order valence-electron chi connectivity index (χ3n) is 8.62. The largest absolute Gasteiger partial charge is 0.394 e. The molecule has 0 aromatic carbocycles. The number of hydrogen-bond acceptors (Lipinski definition) is 3. The van der Waals surface area contributed by atoms with Crippen LogP contribution in [0.5, 0.6) is 0 Å². The van der Waals surface area contributed by atoms with Crippen molar-refractivity contribution < 1.29 is 15.0 Å². The molecule has 0 saturated heterocycles. The molecular formula is C36H73NO3. The third kappa shape index (κ3) is 28.9. The summed E-state index contributed by atoms with van der Waals surface area (Å²) in [6.45, 7) is 4.22. The normalized spacial score (nSPS) is 13.0. The molecule has 3 N–H and O–H groups in total. The first kappa shape index (κ1) is 39.4. The maximum absolute atomic E-state index is 12.1. The number of carbonyl (C=O) groups excluding carboxylic acids is 1. The fourth-order valence-electron chi connectivity index (χ4n) is 5.77. The summed E-state index contributed by atoms with van der Waals surface area (Å²) in [7, 11) is 0. The van der Waals surface area contributed by atoms with Gasteiger partial charge in [-0.2, -0.15) is 0 Å². The Kier molecular flexibility index (Phi) is 32.4. The number of amides is 1. The first-order chi connectivity index (χ1) is 19.7. The molecule has 4 nitrogen and oxygen atoms in total. The lowest BCUT2D eigenvalue weighted by atomic mass is 10.0. The minimum Gasteiger partial charge on any atom is -0.394 e. The van der Waals surface area contributed by atoms with Gasteiger partial charge in [0.05, 0.1) is 18.8 Å². The van der Waals surface area contributed by atoms with E-state index in [1.165, 1.54) is 148 Å².